The molecule has 3 heterocycles. The van der Waals surface area contributed by atoms with Crippen molar-refractivity contribution in [2.45, 2.75) is 32.4 Å². The number of carbonyl (C=O) groups is 1. The quantitative estimate of drug-likeness (QED) is 0.445. The Morgan fingerprint density at radius 2 is 2.09 bits per heavy atom. The van der Waals surface area contributed by atoms with Crippen LogP contribution in [0.25, 0.3) is 33.5 Å². The molecule has 0 spiro atoms. The summed E-state index contributed by atoms with van der Waals surface area (Å²) in [5.41, 5.74) is 10.3. The van der Waals surface area contributed by atoms with E-state index in [4.69, 9.17) is 15.5 Å². The van der Waals surface area contributed by atoms with Gasteiger partial charge in [0.15, 0.2) is 5.82 Å². The summed E-state index contributed by atoms with van der Waals surface area (Å²) in [6.45, 7) is 4.08. The van der Waals surface area contributed by atoms with Gasteiger partial charge in [-0.25, -0.2) is 4.98 Å². The van der Waals surface area contributed by atoms with Gasteiger partial charge in [0.25, 0.3) is 5.91 Å². The number of aliphatic hydroxyl groups is 1. The second-order valence-electron chi connectivity index (χ2n) is 9.68. The SMILES string of the molecule is COc1cc(C(=O)N2CCCC(N)C2)cc2nc(-c3cc4ccccc4n3CC(C)CO)n(C)c12. The topological polar surface area (TPSA) is 98.5 Å². The van der Waals surface area contributed by atoms with Crippen molar-refractivity contribution in [3.05, 3.63) is 48.0 Å². The van der Waals surface area contributed by atoms with Crippen LogP contribution in [0.1, 0.15) is 30.1 Å². The van der Waals surface area contributed by atoms with Crippen molar-refractivity contribution in [2.24, 2.45) is 18.7 Å². The summed E-state index contributed by atoms with van der Waals surface area (Å²) in [5, 5.41) is 10.8. The lowest BCUT2D eigenvalue weighted by molar-refractivity contribution is 0.0708. The molecule has 0 radical (unpaired) electrons. The Morgan fingerprint density at radius 3 is 2.83 bits per heavy atom. The van der Waals surface area contributed by atoms with E-state index in [1.807, 2.05) is 41.6 Å². The van der Waals surface area contributed by atoms with E-state index in [9.17, 15) is 9.90 Å². The second-order valence-corrected chi connectivity index (χ2v) is 9.68. The number of hydrogen-bond donors (Lipinski definition) is 2. The Hall–Kier alpha value is -3.36. The lowest BCUT2D eigenvalue weighted by Gasteiger charge is -2.30. The van der Waals surface area contributed by atoms with E-state index in [0.717, 1.165) is 40.8 Å². The molecule has 0 bridgehead atoms. The number of rotatable bonds is 6. The highest BCUT2D eigenvalue weighted by molar-refractivity contribution is 6.00. The predicted octanol–water partition coefficient (Wildman–Crippen LogP) is 3.40. The molecular weight excluding hydrogens is 442 g/mol. The number of imidazole rings is 1. The number of piperidine rings is 1. The first-order chi connectivity index (χ1) is 16.9. The average molecular weight is 476 g/mol. The summed E-state index contributed by atoms with van der Waals surface area (Å²) in [7, 11) is 3.59. The molecule has 1 saturated heterocycles. The largest absolute Gasteiger partial charge is 0.494 e. The minimum absolute atomic E-state index is 0.0167. The number of ether oxygens (including phenoxy) is 1. The zero-order valence-electron chi connectivity index (χ0n) is 20.6. The molecule has 4 aromatic rings. The third-order valence-electron chi connectivity index (χ3n) is 6.99. The molecule has 1 amide bonds. The van der Waals surface area contributed by atoms with Crippen molar-refractivity contribution >= 4 is 27.8 Å². The van der Waals surface area contributed by atoms with Gasteiger partial charge >= 0.3 is 0 Å². The molecule has 1 aliphatic heterocycles. The van der Waals surface area contributed by atoms with Gasteiger partial charge < -0.3 is 29.6 Å². The van der Waals surface area contributed by atoms with Gasteiger partial charge in [-0.3, -0.25) is 4.79 Å². The van der Waals surface area contributed by atoms with Crippen LogP contribution < -0.4 is 10.5 Å². The van der Waals surface area contributed by atoms with Crippen molar-refractivity contribution in [3.8, 4) is 17.3 Å². The van der Waals surface area contributed by atoms with Gasteiger partial charge in [0.2, 0.25) is 0 Å². The summed E-state index contributed by atoms with van der Waals surface area (Å²) < 4.78 is 9.97. The molecule has 184 valence electrons. The van der Waals surface area contributed by atoms with Crippen molar-refractivity contribution in [1.82, 2.24) is 19.0 Å². The van der Waals surface area contributed by atoms with Crippen LogP contribution >= 0.6 is 0 Å². The van der Waals surface area contributed by atoms with Crippen LogP contribution in [0.5, 0.6) is 5.75 Å². The van der Waals surface area contributed by atoms with E-state index in [0.29, 0.717) is 36.5 Å². The van der Waals surface area contributed by atoms with Crippen LogP contribution in [0.4, 0.5) is 0 Å². The summed E-state index contributed by atoms with van der Waals surface area (Å²) in [6, 6.07) is 14.0. The van der Waals surface area contributed by atoms with Gasteiger partial charge in [0.1, 0.15) is 11.3 Å². The maximum absolute atomic E-state index is 13.3. The minimum atomic E-state index is -0.0431. The van der Waals surface area contributed by atoms with Gasteiger partial charge in [0, 0.05) is 55.8 Å². The van der Waals surface area contributed by atoms with E-state index in [1.165, 1.54) is 0 Å². The maximum Gasteiger partial charge on any atom is 0.254 e. The molecule has 2 unspecified atom stereocenters. The number of para-hydroxylation sites is 1. The first-order valence-electron chi connectivity index (χ1n) is 12.2. The standard InChI is InChI=1S/C27H33N5O3/c1-17(16-33)14-32-22-9-5-4-7-18(22)12-23(32)26-29-21-11-19(13-24(35-3)25(21)30(26)2)27(34)31-10-6-8-20(28)15-31/h4-5,7,9,11-13,17,20,33H,6,8,10,14-16,28H2,1-3H3. The van der Waals surface area contributed by atoms with Gasteiger partial charge in [-0.05, 0) is 43.0 Å². The number of aromatic nitrogens is 3. The number of likely N-dealkylation sites (tertiary alicyclic amines) is 1. The molecule has 1 aliphatic rings. The number of benzene rings is 2. The maximum atomic E-state index is 13.3. The number of hydrogen-bond acceptors (Lipinski definition) is 5. The molecule has 2 aromatic carbocycles. The Balaban J connectivity index is 1.64. The molecule has 2 aromatic heterocycles. The highest BCUT2D eigenvalue weighted by atomic mass is 16.5. The van der Waals surface area contributed by atoms with Crippen molar-refractivity contribution in [1.29, 1.82) is 0 Å². The Morgan fingerprint density at radius 1 is 1.29 bits per heavy atom. The summed E-state index contributed by atoms with van der Waals surface area (Å²) in [6.07, 6.45) is 1.86. The van der Waals surface area contributed by atoms with Gasteiger partial charge in [-0.1, -0.05) is 25.1 Å². The first-order valence-corrected chi connectivity index (χ1v) is 12.2. The molecule has 2 atom stereocenters. The highest BCUT2D eigenvalue weighted by Crippen LogP contribution is 2.35. The molecule has 35 heavy (non-hydrogen) atoms. The first kappa shape index (κ1) is 23.4. The van der Waals surface area contributed by atoms with E-state index in [2.05, 4.69) is 22.8 Å². The fourth-order valence-electron chi connectivity index (χ4n) is 5.16. The fourth-order valence-corrected chi connectivity index (χ4v) is 5.16. The van der Waals surface area contributed by atoms with Crippen LogP contribution in [-0.4, -0.2) is 62.9 Å². The minimum Gasteiger partial charge on any atom is -0.494 e. The number of aryl methyl sites for hydroxylation is 1. The van der Waals surface area contributed by atoms with Crippen LogP contribution in [0, 0.1) is 5.92 Å². The van der Waals surface area contributed by atoms with E-state index in [-0.39, 0.29) is 24.5 Å². The predicted molar refractivity (Wildman–Crippen MR) is 138 cm³/mol. The number of nitrogens with two attached hydrogens (primary N) is 1. The number of methoxy groups -OCH3 is 1. The molecule has 3 N–H and O–H groups in total. The summed E-state index contributed by atoms with van der Waals surface area (Å²) in [4.78, 5) is 20.1. The Kier molecular flexibility index (Phi) is 6.25. The number of aliphatic hydroxyl groups excluding tert-OH is 1. The van der Waals surface area contributed by atoms with Crippen LogP contribution in [0.2, 0.25) is 0 Å². The lowest BCUT2D eigenvalue weighted by atomic mass is 10.0. The highest BCUT2D eigenvalue weighted by Gasteiger charge is 2.25. The number of fused-ring (bicyclic) bond motifs is 2. The fraction of sp³-hybridized carbons (Fsp3) is 0.407. The van der Waals surface area contributed by atoms with E-state index < -0.39 is 0 Å². The van der Waals surface area contributed by atoms with Crippen molar-refractivity contribution in [2.75, 3.05) is 26.8 Å². The third-order valence-corrected chi connectivity index (χ3v) is 6.99. The van der Waals surface area contributed by atoms with Gasteiger partial charge in [-0.15, -0.1) is 0 Å². The third kappa shape index (κ3) is 4.17. The Labute approximate surface area is 204 Å². The van der Waals surface area contributed by atoms with Crippen LogP contribution in [-0.2, 0) is 13.6 Å². The second kappa shape index (κ2) is 9.36. The van der Waals surface area contributed by atoms with E-state index in [1.54, 1.807) is 13.2 Å². The normalized spacial score (nSPS) is 17.3. The summed E-state index contributed by atoms with van der Waals surface area (Å²) >= 11 is 0. The van der Waals surface area contributed by atoms with Crippen LogP contribution in [0.15, 0.2) is 42.5 Å². The Bertz CT molecular complexity index is 1390. The number of carbonyl (C=O) groups excluding carboxylic acids is 1. The van der Waals surface area contributed by atoms with Gasteiger partial charge in [0.05, 0.1) is 18.3 Å². The van der Waals surface area contributed by atoms with Crippen LogP contribution in [0.3, 0.4) is 0 Å². The molecule has 0 aliphatic carbocycles. The molecule has 5 rings (SSSR count). The lowest BCUT2D eigenvalue weighted by Crippen LogP contribution is -2.45. The van der Waals surface area contributed by atoms with Gasteiger partial charge in [-0.2, -0.15) is 0 Å². The zero-order chi connectivity index (χ0) is 24.7. The molecule has 8 heteroatoms. The van der Waals surface area contributed by atoms with Crippen molar-refractivity contribution in [3.63, 3.8) is 0 Å². The molecule has 8 nitrogen and oxygen atoms in total. The monoisotopic (exact) mass is 475 g/mol. The smallest absolute Gasteiger partial charge is 0.254 e. The molecule has 1 fully saturated rings. The summed E-state index contributed by atoms with van der Waals surface area (Å²) in [5.74, 6) is 1.44. The molecule has 0 saturated carbocycles. The van der Waals surface area contributed by atoms with E-state index >= 15 is 0 Å². The van der Waals surface area contributed by atoms with Crippen molar-refractivity contribution < 1.29 is 14.6 Å². The zero-order valence-corrected chi connectivity index (χ0v) is 20.6. The molecular formula is C27H33N5O3. The average Bonchev–Trinajstić information content (AvgIpc) is 3.40. The number of nitrogens with zero attached hydrogens (tertiary/aromatic N) is 4. The number of amides is 1.